The number of hydrogen-bond donors (Lipinski definition) is 0. The van der Waals surface area contributed by atoms with Crippen LogP contribution in [0.3, 0.4) is 0 Å². The van der Waals surface area contributed by atoms with Crippen molar-refractivity contribution in [3.05, 3.63) is 0 Å². The van der Waals surface area contributed by atoms with E-state index in [2.05, 4.69) is 41.5 Å². The smallest absolute Gasteiger partial charge is 0.0368 e. The Labute approximate surface area is 91.5 Å². The maximum atomic E-state index is 2.37. The number of rotatable bonds is 7. The van der Waals surface area contributed by atoms with Gasteiger partial charge >= 0.3 is 0 Å². The SMILES string of the molecule is CC(C)CCCCC(C(C)C)C(C)C. The molecule has 0 aliphatic rings. The van der Waals surface area contributed by atoms with Gasteiger partial charge in [0, 0.05) is 0 Å². The fourth-order valence-electron chi connectivity index (χ4n) is 2.37. The van der Waals surface area contributed by atoms with E-state index in [-0.39, 0.29) is 0 Å². The summed E-state index contributed by atoms with van der Waals surface area (Å²) in [5.74, 6) is 3.52. The summed E-state index contributed by atoms with van der Waals surface area (Å²) < 4.78 is 0. The Balaban J connectivity index is 3.62. The van der Waals surface area contributed by atoms with E-state index in [1.807, 2.05) is 0 Å². The quantitative estimate of drug-likeness (QED) is 0.497. The minimum atomic E-state index is 0.856. The molecule has 0 heterocycles. The van der Waals surface area contributed by atoms with Crippen molar-refractivity contribution in [3.63, 3.8) is 0 Å². The van der Waals surface area contributed by atoms with Gasteiger partial charge in [-0.05, 0) is 30.1 Å². The minimum absolute atomic E-state index is 0.856. The monoisotopic (exact) mass is 198 g/mol. The lowest BCUT2D eigenvalue weighted by atomic mass is 9.81. The van der Waals surface area contributed by atoms with E-state index in [1.165, 1.54) is 25.7 Å². The first-order valence-corrected chi connectivity index (χ1v) is 6.45. The van der Waals surface area contributed by atoms with E-state index < -0.39 is 0 Å². The maximum absolute atomic E-state index is 2.37. The largest absolute Gasteiger partial charge is 0.0628 e. The molecule has 0 aliphatic carbocycles. The molecule has 86 valence electrons. The molecule has 0 atom stereocenters. The highest BCUT2D eigenvalue weighted by atomic mass is 14.2. The summed E-state index contributed by atoms with van der Waals surface area (Å²) in [5, 5.41) is 0. The molecule has 0 N–H and O–H groups in total. The second kappa shape index (κ2) is 7.31. The fraction of sp³-hybridized carbons (Fsp3) is 1.00. The van der Waals surface area contributed by atoms with Crippen molar-refractivity contribution in [2.45, 2.75) is 67.2 Å². The maximum Gasteiger partial charge on any atom is -0.0368 e. The van der Waals surface area contributed by atoms with Crippen molar-refractivity contribution in [3.8, 4) is 0 Å². The highest BCUT2D eigenvalue weighted by Gasteiger charge is 2.16. The van der Waals surface area contributed by atoms with Gasteiger partial charge in [0.15, 0.2) is 0 Å². The van der Waals surface area contributed by atoms with Crippen LogP contribution in [0.4, 0.5) is 0 Å². The van der Waals surface area contributed by atoms with Crippen molar-refractivity contribution >= 4 is 0 Å². The second-order valence-electron chi connectivity index (χ2n) is 5.83. The molecule has 0 spiro atoms. The van der Waals surface area contributed by atoms with E-state index >= 15 is 0 Å². The molecule has 0 aliphatic heterocycles. The van der Waals surface area contributed by atoms with Gasteiger partial charge in [-0.2, -0.15) is 0 Å². The molecule has 0 fully saturated rings. The standard InChI is InChI=1S/C14H30/c1-11(2)9-7-8-10-14(12(3)4)13(5)6/h11-14H,7-10H2,1-6H3. The van der Waals surface area contributed by atoms with E-state index in [4.69, 9.17) is 0 Å². The lowest BCUT2D eigenvalue weighted by molar-refractivity contribution is 0.260. The molecular formula is C14H30. The van der Waals surface area contributed by atoms with Gasteiger partial charge in [0.2, 0.25) is 0 Å². The van der Waals surface area contributed by atoms with E-state index in [0.717, 1.165) is 23.7 Å². The molecule has 0 heteroatoms. The molecule has 0 saturated carbocycles. The zero-order chi connectivity index (χ0) is 11.1. The Hall–Kier alpha value is 0. The van der Waals surface area contributed by atoms with Crippen LogP contribution in [0.15, 0.2) is 0 Å². The van der Waals surface area contributed by atoms with Crippen LogP contribution in [-0.4, -0.2) is 0 Å². The van der Waals surface area contributed by atoms with Crippen LogP contribution in [0.2, 0.25) is 0 Å². The van der Waals surface area contributed by atoms with Gasteiger partial charge in [-0.3, -0.25) is 0 Å². The van der Waals surface area contributed by atoms with Crippen molar-refractivity contribution in [2.75, 3.05) is 0 Å². The van der Waals surface area contributed by atoms with Gasteiger partial charge in [-0.25, -0.2) is 0 Å². The van der Waals surface area contributed by atoms with Gasteiger partial charge in [-0.1, -0.05) is 60.8 Å². The highest BCUT2D eigenvalue weighted by Crippen LogP contribution is 2.26. The molecule has 0 saturated heterocycles. The molecule has 0 radical (unpaired) electrons. The van der Waals surface area contributed by atoms with Crippen LogP contribution in [0.25, 0.3) is 0 Å². The van der Waals surface area contributed by atoms with Crippen LogP contribution in [-0.2, 0) is 0 Å². The van der Waals surface area contributed by atoms with Crippen LogP contribution < -0.4 is 0 Å². The molecule has 0 aromatic rings. The lowest BCUT2D eigenvalue weighted by Gasteiger charge is -2.24. The summed E-state index contributed by atoms with van der Waals surface area (Å²) >= 11 is 0. The normalized spacial score (nSPS) is 12.4. The molecule has 0 amide bonds. The van der Waals surface area contributed by atoms with Crippen molar-refractivity contribution < 1.29 is 0 Å². The van der Waals surface area contributed by atoms with Gasteiger partial charge in [-0.15, -0.1) is 0 Å². The van der Waals surface area contributed by atoms with Crippen molar-refractivity contribution in [1.29, 1.82) is 0 Å². The molecule has 0 nitrogen and oxygen atoms in total. The van der Waals surface area contributed by atoms with Crippen molar-refractivity contribution in [2.24, 2.45) is 23.7 Å². The molecule has 0 unspecified atom stereocenters. The van der Waals surface area contributed by atoms with E-state index in [1.54, 1.807) is 0 Å². The predicted octanol–water partition coefficient (Wildman–Crippen LogP) is 5.13. The molecule has 0 rings (SSSR count). The Kier molecular flexibility index (Phi) is 7.31. The Morgan fingerprint density at radius 3 is 1.43 bits per heavy atom. The topological polar surface area (TPSA) is 0 Å². The summed E-state index contributed by atoms with van der Waals surface area (Å²) in [6, 6.07) is 0. The molecule has 0 aromatic heterocycles. The third kappa shape index (κ3) is 6.45. The molecular weight excluding hydrogens is 168 g/mol. The zero-order valence-corrected chi connectivity index (χ0v) is 11.1. The van der Waals surface area contributed by atoms with Crippen LogP contribution in [0, 0.1) is 23.7 Å². The first kappa shape index (κ1) is 14.0. The lowest BCUT2D eigenvalue weighted by Crippen LogP contribution is -2.15. The first-order valence-electron chi connectivity index (χ1n) is 6.45. The Morgan fingerprint density at radius 2 is 1.07 bits per heavy atom. The van der Waals surface area contributed by atoms with E-state index in [9.17, 15) is 0 Å². The van der Waals surface area contributed by atoms with Crippen LogP contribution in [0.5, 0.6) is 0 Å². The fourth-order valence-corrected chi connectivity index (χ4v) is 2.37. The minimum Gasteiger partial charge on any atom is -0.0628 e. The predicted molar refractivity (Wildman–Crippen MR) is 66.5 cm³/mol. The molecule has 0 aromatic carbocycles. The van der Waals surface area contributed by atoms with Crippen LogP contribution in [0.1, 0.15) is 67.2 Å². The molecule has 0 bridgehead atoms. The van der Waals surface area contributed by atoms with E-state index in [0.29, 0.717) is 0 Å². The van der Waals surface area contributed by atoms with Crippen LogP contribution >= 0.6 is 0 Å². The average molecular weight is 198 g/mol. The van der Waals surface area contributed by atoms with Gasteiger partial charge in [0.05, 0.1) is 0 Å². The Bertz CT molecular complexity index is 114. The van der Waals surface area contributed by atoms with Gasteiger partial charge in [0.1, 0.15) is 0 Å². The van der Waals surface area contributed by atoms with Crippen molar-refractivity contribution in [1.82, 2.24) is 0 Å². The van der Waals surface area contributed by atoms with Gasteiger partial charge < -0.3 is 0 Å². The third-order valence-electron chi connectivity index (χ3n) is 3.28. The van der Waals surface area contributed by atoms with Gasteiger partial charge in [0.25, 0.3) is 0 Å². The second-order valence-corrected chi connectivity index (χ2v) is 5.83. The summed E-state index contributed by atoms with van der Waals surface area (Å²) in [5.41, 5.74) is 0. The molecule has 14 heavy (non-hydrogen) atoms. The number of unbranched alkanes of at least 4 members (excludes halogenated alkanes) is 1. The first-order chi connectivity index (χ1) is 6.45. The number of hydrogen-bond acceptors (Lipinski definition) is 0. The summed E-state index contributed by atoms with van der Waals surface area (Å²) in [6.07, 6.45) is 5.69. The summed E-state index contributed by atoms with van der Waals surface area (Å²) in [4.78, 5) is 0. The third-order valence-corrected chi connectivity index (χ3v) is 3.28. The average Bonchev–Trinajstić information content (AvgIpc) is 2.01. The Morgan fingerprint density at radius 1 is 0.643 bits per heavy atom. The summed E-state index contributed by atoms with van der Waals surface area (Å²) in [6.45, 7) is 14.1. The highest BCUT2D eigenvalue weighted by molar-refractivity contribution is 4.66. The summed E-state index contributed by atoms with van der Waals surface area (Å²) in [7, 11) is 0. The zero-order valence-electron chi connectivity index (χ0n) is 11.1.